The summed E-state index contributed by atoms with van der Waals surface area (Å²) in [4.78, 5) is 0. The monoisotopic (exact) mass is 354 g/mol. The maximum Gasteiger partial charge on any atom is 0.131 e. The summed E-state index contributed by atoms with van der Waals surface area (Å²) in [5, 5.41) is 1.37. The van der Waals surface area contributed by atoms with Gasteiger partial charge in [0.2, 0.25) is 0 Å². The normalized spacial score (nSPS) is 16.9. The largest absolute Gasteiger partial charge is 0.488 e. The van der Waals surface area contributed by atoms with E-state index >= 15 is 0 Å². The minimum atomic E-state index is -0.239. The summed E-state index contributed by atoms with van der Waals surface area (Å²) in [5.41, 5.74) is 3.67. The van der Waals surface area contributed by atoms with Crippen LogP contribution in [0.25, 0.3) is 11.1 Å². The van der Waals surface area contributed by atoms with Crippen molar-refractivity contribution in [3.8, 4) is 16.9 Å². The van der Waals surface area contributed by atoms with Crippen molar-refractivity contribution in [2.75, 3.05) is 5.33 Å². The van der Waals surface area contributed by atoms with Gasteiger partial charge in [-0.1, -0.05) is 33.6 Å². The summed E-state index contributed by atoms with van der Waals surface area (Å²) in [6.07, 6.45) is 0.787. The van der Waals surface area contributed by atoms with E-state index in [2.05, 4.69) is 15.9 Å². The number of benzene rings is 2. The number of fused-ring (bicyclic) bond motifs is 1. The van der Waals surface area contributed by atoms with Crippen LogP contribution in [0.3, 0.4) is 0 Å². The van der Waals surface area contributed by atoms with Gasteiger partial charge in [0.25, 0.3) is 0 Å². The average molecular weight is 356 g/mol. The number of alkyl halides is 1. The van der Waals surface area contributed by atoms with E-state index in [0.29, 0.717) is 5.02 Å². The Balaban J connectivity index is 2.18. The molecule has 0 aromatic heterocycles. The summed E-state index contributed by atoms with van der Waals surface area (Å²) in [6.45, 7) is 1.99. The Labute approximate surface area is 130 Å². The zero-order valence-corrected chi connectivity index (χ0v) is 13.3. The third-order valence-corrected chi connectivity index (χ3v) is 4.48. The molecule has 4 heteroatoms. The molecule has 20 heavy (non-hydrogen) atoms. The fourth-order valence-corrected chi connectivity index (χ4v) is 3.10. The summed E-state index contributed by atoms with van der Waals surface area (Å²) in [5.74, 6) is 0.540. The van der Waals surface area contributed by atoms with E-state index in [0.717, 1.165) is 39.8 Å². The molecule has 1 aliphatic heterocycles. The van der Waals surface area contributed by atoms with Gasteiger partial charge in [0.15, 0.2) is 0 Å². The number of ether oxygens (including phenoxy) is 1. The first kappa shape index (κ1) is 13.9. The molecule has 1 aliphatic rings. The molecule has 0 saturated heterocycles. The molecule has 0 aliphatic carbocycles. The van der Waals surface area contributed by atoms with Gasteiger partial charge in [-0.2, -0.15) is 0 Å². The Kier molecular flexibility index (Phi) is 3.74. The van der Waals surface area contributed by atoms with Gasteiger partial charge in [-0.15, -0.1) is 0 Å². The third-order valence-electron chi connectivity index (χ3n) is 3.52. The molecule has 0 bridgehead atoms. The molecule has 2 aromatic carbocycles. The Bertz CT molecular complexity index is 672. The van der Waals surface area contributed by atoms with Crippen molar-refractivity contribution in [1.82, 2.24) is 0 Å². The molecule has 1 nitrogen and oxygen atoms in total. The minimum absolute atomic E-state index is 0.0602. The molecule has 0 N–H and O–H groups in total. The van der Waals surface area contributed by atoms with E-state index in [-0.39, 0.29) is 11.9 Å². The predicted octanol–water partition coefficient (Wildman–Crippen LogP) is 5.15. The SMILES string of the molecule is Cc1ccc(Cl)cc1-c1cc(F)cc2c1O[C@@H](CBr)C2. The van der Waals surface area contributed by atoms with Crippen molar-refractivity contribution in [2.45, 2.75) is 19.4 Å². The van der Waals surface area contributed by atoms with E-state index in [9.17, 15) is 4.39 Å². The summed E-state index contributed by atoms with van der Waals surface area (Å²) in [7, 11) is 0. The Morgan fingerprint density at radius 3 is 2.85 bits per heavy atom. The molecule has 0 spiro atoms. The lowest BCUT2D eigenvalue weighted by molar-refractivity contribution is 0.261. The average Bonchev–Trinajstić information content (AvgIpc) is 2.83. The lowest BCUT2D eigenvalue weighted by Gasteiger charge is -2.13. The fraction of sp³-hybridized carbons (Fsp3) is 0.250. The lowest BCUT2D eigenvalue weighted by Crippen LogP contribution is -2.13. The van der Waals surface area contributed by atoms with Gasteiger partial charge in [-0.05, 0) is 42.3 Å². The zero-order valence-electron chi connectivity index (χ0n) is 10.9. The first-order chi connectivity index (χ1) is 9.58. The van der Waals surface area contributed by atoms with E-state index < -0.39 is 0 Å². The van der Waals surface area contributed by atoms with Gasteiger partial charge in [-0.25, -0.2) is 4.39 Å². The minimum Gasteiger partial charge on any atom is -0.488 e. The highest BCUT2D eigenvalue weighted by Crippen LogP contribution is 2.41. The van der Waals surface area contributed by atoms with Crippen LogP contribution < -0.4 is 4.74 Å². The molecular formula is C16H13BrClFO. The number of hydrogen-bond acceptors (Lipinski definition) is 1. The molecular weight excluding hydrogens is 343 g/mol. The van der Waals surface area contributed by atoms with Gasteiger partial charge < -0.3 is 4.74 Å². The van der Waals surface area contributed by atoms with Crippen LogP contribution in [0.15, 0.2) is 30.3 Å². The Morgan fingerprint density at radius 1 is 1.30 bits per heavy atom. The van der Waals surface area contributed by atoms with Gasteiger partial charge in [0, 0.05) is 27.9 Å². The maximum atomic E-state index is 13.9. The van der Waals surface area contributed by atoms with Crippen LogP contribution >= 0.6 is 27.5 Å². The highest BCUT2D eigenvalue weighted by molar-refractivity contribution is 9.09. The molecule has 0 unspecified atom stereocenters. The Hall–Kier alpha value is -1.06. The number of rotatable bonds is 2. The number of hydrogen-bond donors (Lipinski definition) is 0. The van der Waals surface area contributed by atoms with Crippen LogP contribution in [-0.2, 0) is 6.42 Å². The fourth-order valence-electron chi connectivity index (χ4n) is 2.56. The van der Waals surface area contributed by atoms with Crippen LogP contribution in [0.4, 0.5) is 4.39 Å². The van der Waals surface area contributed by atoms with Crippen molar-refractivity contribution >= 4 is 27.5 Å². The van der Waals surface area contributed by atoms with Gasteiger partial charge in [0.1, 0.15) is 17.7 Å². The molecule has 1 atom stereocenters. The van der Waals surface area contributed by atoms with Gasteiger partial charge in [0.05, 0.1) is 0 Å². The molecule has 3 rings (SSSR count). The quantitative estimate of drug-likeness (QED) is 0.677. The van der Waals surface area contributed by atoms with Crippen LogP contribution in [0.1, 0.15) is 11.1 Å². The Morgan fingerprint density at radius 2 is 2.10 bits per heavy atom. The second-order valence-corrected chi connectivity index (χ2v) is 6.08. The lowest BCUT2D eigenvalue weighted by atomic mass is 9.97. The van der Waals surface area contributed by atoms with Crippen molar-refractivity contribution < 1.29 is 9.13 Å². The van der Waals surface area contributed by atoms with Crippen molar-refractivity contribution in [1.29, 1.82) is 0 Å². The highest BCUT2D eigenvalue weighted by Gasteiger charge is 2.26. The smallest absolute Gasteiger partial charge is 0.131 e. The van der Waals surface area contributed by atoms with Crippen LogP contribution in [0.2, 0.25) is 5.02 Å². The predicted molar refractivity (Wildman–Crippen MR) is 83.5 cm³/mol. The summed E-state index contributed by atoms with van der Waals surface area (Å²) < 4.78 is 19.8. The third kappa shape index (κ3) is 2.45. The van der Waals surface area contributed by atoms with E-state index in [1.54, 1.807) is 6.07 Å². The van der Waals surface area contributed by atoms with Gasteiger partial charge in [-0.3, -0.25) is 0 Å². The first-order valence-electron chi connectivity index (χ1n) is 6.40. The first-order valence-corrected chi connectivity index (χ1v) is 7.90. The van der Waals surface area contributed by atoms with Crippen LogP contribution in [0.5, 0.6) is 5.75 Å². The van der Waals surface area contributed by atoms with Crippen LogP contribution in [0, 0.1) is 12.7 Å². The van der Waals surface area contributed by atoms with Crippen molar-refractivity contribution in [2.24, 2.45) is 0 Å². The molecule has 0 amide bonds. The van der Waals surface area contributed by atoms with Crippen molar-refractivity contribution in [3.05, 3.63) is 52.3 Å². The number of aryl methyl sites for hydroxylation is 1. The molecule has 104 valence electrons. The molecule has 0 radical (unpaired) electrons. The molecule has 1 heterocycles. The zero-order chi connectivity index (χ0) is 14.3. The molecule has 0 saturated carbocycles. The van der Waals surface area contributed by atoms with Crippen molar-refractivity contribution in [3.63, 3.8) is 0 Å². The van der Waals surface area contributed by atoms with Gasteiger partial charge >= 0.3 is 0 Å². The highest BCUT2D eigenvalue weighted by atomic mass is 79.9. The maximum absolute atomic E-state index is 13.9. The summed E-state index contributed by atoms with van der Waals surface area (Å²) in [6, 6.07) is 8.71. The number of halogens is 3. The van der Waals surface area contributed by atoms with E-state index in [4.69, 9.17) is 16.3 Å². The standard InChI is InChI=1S/C16H13BrClFO/c1-9-2-3-11(18)6-14(9)15-7-12(19)4-10-5-13(8-17)20-16(10)15/h2-4,6-7,13H,5,8H2,1H3/t13-/m1/s1. The van der Waals surface area contributed by atoms with Crippen LogP contribution in [-0.4, -0.2) is 11.4 Å². The molecule has 0 fully saturated rings. The van der Waals surface area contributed by atoms with E-state index in [1.165, 1.54) is 6.07 Å². The van der Waals surface area contributed by atoms with E-state index in [1.807, 2.05) is 25.1 Å². The molecule has 2 aromatic rings. The second kappa shape index (κ2) is 5.38. The second-order valence-electron chi connectivity index (χ2n) is 5.00. The topological polar surface area (TPSA) is 9.23 Å². The summed E-state index contributed by atoms with van der Waals surface area (Å²) >= 11 is 9.49.